The number of hydrogen-bond donors (Lipinski definition) is 1. The van der Waals surface area contributed by atoms with Gasteiger partial charge in [0.2, 0.25) is 5.88 Å². The summed E-state index contributed by atoms with van der Waals surface area (Å²) in [6, 6.07) is 8.55. The zero-order valence-corrected chi connectivity index (χ0v) is 13.8. The Bertz CT molecular complexity index is 906. The summed E-state index contributed by atoms with van der Waals surface area (Å²) in [5, 5.41) is 20.1. The third-order valence-electron chi connectivity index (χ3n) is 3.67. The van der Waals surface area contributed by atoms with Crippen molar-refractivity contribution in [2.24, 2.45) is 0 Å². The maximum atomic E-state index is 12.6. The van der Waals surface area contributed by atoms with E-state index in [2.05, 4.69) is 6.58 Å². The zero-order valence-electron chi connectivity index (χ0n) is 13.0. The summed E-state index contributed by atoms with van der Waals surface area (Å²) in [6.45, 7) is 5.00. The molecule has 24 heavy (non-hydrogen) atoms. The fraction of sp³-hybridized carbons (Fsp3) is 0.167. The van der Waals surface area contributed by atoms with Crippen molar-refractivity contribution in [3.8, 4) is 11.9 Å². The molecule has 2 aromatic rings. The van der Waals surface area contributed by atoms with Gasteiger partial charge < -0.3 is 5.11 Å². The second-order valence-electron chi connectivity index (χ2n) is 5.24. The van der Waals surface area contributed by atoms with Gasteiger partial charge in [-0.05, 0) is 30.2 Å². The standard InChI is InChI=1S/C18H15ClN2O3/c1-3-8-21-17(23)14(10-20)11(2)16(18(21)24)15(22)9-12-4-6-13(19)7-5-12/h3-7,24H,1,8-9H2,2H3. The van der Waals surface area contributed by atoms with Crippen LogP contribution in [0.2, 0.25) is 5.02 Å². The van der Waals surface area contributed by atoms with E-state index in [0.717, 1.165) is 4.57 Å². The van der Waals surface area contributed by atoms with Crippen molar-refractivity contribution in [1.29, 1.82) is 5.26 Å². The number of benzene rings is 1. The summed E-state index contributed by atoms with van der Waals surface area (Å²) in [5.41, 5.74) is 0.0648. The van der Waals surface area contributed by atoms with Crippen molar-refractivity contribution in [1.82, 2.24) is 4.57 Å². The first-order valence-corrected chi connectivity index (χ1v) is 7.53. The predicted octanol–water partition coefficient (Wildman–Crippen LogP) is 3.00. The number of aromatic hydroxyl groups is 1. The molecule has 5 nitrogen and oxygen atoms in total. The number of Topliss-reactive ketones (excluding diaryl/α,β-unsaturated/α-hetero) is 1. The molecule has 0 spiro atoms. The fourth-order valence-electron chi connectivity index (χ4n) is 2.46. The Hall–Kier alpha value is -2.84. The van der Waals surface area contributed by atoms with Crippen molar-refractivity contribution >= 4 is 17.4 Å². The molecule has 0 fully saturated rings. The normalized spacial score (nSPS) is 10.2. The van der Waals surface area contributed by atoms with Crippen LogP contribution in [0.3, 0.4) is 0 Å². The van der Waals surface area contributed by atoms with E-state index in [9.17, 15) is 20.0 Å². The second kappa shape index (κ2) is 7.16. The lowest BCUT2D eigenvalue weighted by Gasteiger charge is -2.14. The van der Waals surface area contributed by atoms with Gasteiger partial charge in [0.15, 0.2) is 5.78 Å². The molecule has 1 heterocycles. The molecule has 0 saturated carbocycles. The molecule has 0 atom stereocenters. The first-order chi connectivity index (χ1) is 11.4. The number of carbonyl (C=O) groups excluding carboxylic acids is 1. The molecule has 1 aromatic carbocycles. The highest BCUT2D eigenvalue weighted by atomic mass is 35.5. The maximum absolute atomic E-state index is 12.6. The van der Waals surface area contributed by atoms with E-state index in [1.807, 2.05) is 6.07 Å². The lowest BCUT2D eigenvalue weighted by Crippen LogP contribution is -2.26. The van der Waals surface area contributed by atoms with Gasteiger partial charge in [-0.3, -0.25) is 14.2 Å². The molecule has 0 aliphatic carbocycles. The predicted molar refractivity (Wildman–Crippen MR) is 91.5 cm³/mol. The molecular weight excluding hydrogens is 328 g/mol. The van der Waals surface area contributed by atoms with Crippen LogP contribution in [0.4, 0.5) is 0 Å². The summed E-state index contributed by atoms with van der Waals surface area (Å²) in [4.78, 5) is 24.8. The number of rotatable bonds is 5. The van der Waals surface area contributed by atoms with Crippen molar-refractivity contribution < 1.29 is 9.90 Å². The van der Waals surface area contributed by atoms with Crippen LogP contribution in [0.5, 0.6) is 5.88 Å². The van der Waals surface area contributed by atoms with E-state index in [1.54, 1.807) is 24.3 Å². The summed E-state index contributed by atoms with van der Waals surface area (Å²) < 4.78 is 0.966. The Morgan fingerprint density at radius 1 is 1.42 bits per heavy atom. The molecule has 0 aliphatic rings. The molecule has 1 N–H and O–H groups in total. The molecule has 0 radical (unpaired) electrons. The van der Waals surface area contributed by atoms with E-state index < -0.39 is 11.4 Å². The van der Waals surface area contributed by atoms with Crippen LogP contribution in [0.25, 0.3) is 0 Å². The number of hydrogen-bond acceptors (Lipinski definition) is 4. The van der Waals surface area contributed by atoms with Crippen LogP contribution < -0.4 is 5.56 Å². The number of halogens is 1. The third-order valence-corrected chi connectivity index (χ3v) is 3.92. The first kappa shape index (κ1) is 17.5. The van der Waals surface area contributed by atoms with E-state index in [4.69, 9.17) is 11.6 Å². The Morgan fingerprint density at radius 3 is 2.58 bits per heavy atom. The minimum atomic E-state index is -0.643. The van der Waals surface area contributed by atoms with Crippen molar-refractivity contribution in [3.63, 3.8) is 0 Å². The van der Waals surface area contributed by atoms with E-state index in [0.29, 0.717) is 10.6 Å². The summed E-state index contributed by atoms with van der Waals surface area (Å²) in [7, 11) is 0. The summed E-state index contributed by atoms with van der Waals surface area (Å²) in [5.74, 6) is -0.836. The van der Waals surface area contributed by atoms with E-state index in [1.165, 1.54) is 13.0 Å². The maximum Gasteiger partial charge on any atom is 0.271 e. The van der Waals surface area contributed by atoms with Crippen LogP contribution in [0.1, 0.15) is 27.0 Å². The Morgan fingerprint density at radius 2 is 2.04 bits per heavy atom. The molecule has 0 aliphatic heterocycles. The van der Waals surface area contributed by atoms with Crippen LogP contribution in [-0.4, -0.2) is 15.5 Å². The smallest absolute Gasteiger partial charge is 0.271 e. The van der Waals surface area contributed by atoms with Crippen molar-refractivity contribution in [3.05, 3.63) is 74.6 Å². The number of nitrogens with zero attached hydrogens (tertiary/aromatic N) is 2. The minimum Gasteiger partial charge on any atom is -0.494 e. The first-order valence-electron chi connectivity index (χ1n) is 7.15. The molecule has 0 bridgehead atoms. The molecule has 1 aromatic heterocycles. The molecule has 0 unspecified atom stereocenters. The van der Waals surface area contributed by atoms with Gasteiger partial charge in [0.1, 0.15) is 11.6 Å². The number of aromatic nitrogens is 1. The number of nitriles is 1. The topological polar surface area (TPSA) is 83.1 Å². The Labute approximate surface area is 144 Å². The van der Waals surface area contributed by atoms with Crippen LogP contribution in [0, 0.1) is 18.3 Å². The van der Waals surface area contributed by atoms with Gasteiger partial charge in [0.25, 0.3) is 5.56 Å². The van der Waals surface area contributed by atoms with Gasteiger partial charge in [-0.25, -0.2) is 0 Å². The molecule has 122 valence electrons. The van der Waals surface area contributed by atoms with Crippen molar-refractivity contribution in [2.75, 3.05) is 0 Å². The van der Waals surface area contributed by atoms with Gasteiger partial charge in [0, 0.05) is 18.0 Å². The lowest BCUT2D eigenvalue weighted by atomic mass is 9.97. The SMILES string of the molecule is C=CCn1c(O)c(C(=O)Cc2ccc(Cl)cc2)c(C)c(C#N)c1=O. The lowest BCUT2D eigenvalue weighted by molar-refractivity contribution is 0.0988. The molecule has 6 heteroatoms. The Balaban J connectivity index is 2.56. The van der Waals surface area contributed by atoms with Crippen molar-refractivity contribution in [2.45, 2.75) is 19.9 Å². The number of carbonyl (C=O) groups is 1. The number of pyridine rings is 1. The summed E-state index contributed by atoms with van der Waals surface area (Å²) >= 11 is 5.82. The summed E-state index contributed by atoms with van der Waals surface area (Å²) in [6.07, 6.45) is 1.42. The van der Waals surface area contributed by atoms with Gasteiger partial charge in [-0.1, -0.05) is 29.8 Å². The number of ketones is 1. The van der Waals surface area contributed by atoms with Gasteiger partial charge >= 0.3 is 0 Å². The highest BCUT2D eigenvalue weighted by Crippen LogP contribution is 2.24. The average Bonchev–Trinajstić information content (AvgIpc) is 2.54. The highest BCUT2D eigenvalue weighted by Gasteiger charge is 2.23. The molecule has 0 amide bonds. The quantitative estimate of drug-likeness (QED) is 0.668. The van der Waals surface area contributed by atoms with E-state index >= 15 is 0 Å². The third kappa shape index (κ3) is 3.24. The average molecular weight is 343 g/mol. The van der Waals surface area contributed by atoms with Gasteiger partial charge in [-0.2, -0.15) is 5.26 Å². The number of allylic oxidation sites excluding steroid dienone is 1. The zero-order chi connectivity index (χ0) is 17.9. The van der Waals surface area contributed by atoms with Gasteiger partial charge in [0.05, 0.1) is 5.56 Å². The molecule has 0 saturated heterocycles. The second-order valence-corrected chi connectivity index (χ2v) is 5.68. The molecular formula is C18H15ClN2O3. The van der Waals surface area contributed by atoms with Gasteiger partial charge in [-0.15, -0.1) is 6.58 Å². The Kier molecular flexibility index (Phi) is 5.22. The highest BCUT2D eigenvalue weighted by molar-refractivity contribution is 6.30. The minimum absolute atomic E-state index is 0.000845. The largest absolute Gasteiger partial charge is 0.494 e. The fourth-order valence-corrected chi connectivity index (χ4v) is 2.59. The van der Waals surface area contributed by atoms with E-state index in [-0.39, 0.29) is 35.4 Å². The van der Waals surface area contributed by atoms with Crippen LogP contribution in [0.15, 0.2) is 41.7 Å². The molecule has 2 rings (SSSR count). The van der Waals surface area contributed by atoms with Crippen LogP contribution in [-0.2, 0) is 13.0 Å². The monoisotopic (exact) mass is 342 g/mol. The van der Waals surface area contributed by atoms with Crippen LogP contribution >= 0.6 is 11.6 Å².